The Hall–Kier alpha value is -1.70. The lowest BCUT2D eigenvalue weighted by atomic mass is 9.77. The fourth-order valence-electron chi connectivity index (χ4n) is 3.07. The Bertz CT molecular complexity index is 728. The van der Waals surface area contributed by atoms with Crippen LogP contribution in [-0.4, -0.2) is 12.0 Å². The van der Waals surface area contributed by atoms with E-state index < -0.39 is 0 Å². The minimum atomic E-state index is -0.284. The lowest BCUT2D eigenvalue weighted by Gasteiger charge is -2.33. The van der Waals surface area contributed by atoms with Crippen molar-refractivity contribution in [1.82, 2.24) is 5.32 Å². The van der Waals surface area contributed by atoms with Gasteiger partial charge >= 0.3 is 0 Å². The van der Waals surface area contributed by atoms with Crippen molar-refractivity contribution in [1.29, 1.82) is 5.26 Å². The lowest BCUT2D eigenvalue weighted by Crippen LogP contribution is -2.31. The number of carbonyl (C=O) groups is 1. The molecule has 0 radical (unpaired) electrons. The van der Waals surface area contributed by atoms with Gasteiger partial charge in [-0.3, -0.25) is 4.79 Å². The van der Waals surface area contributed by atoms with Crippen molar-refractivity contribution in [2.45, 2.75) is 25.2 Å². The second-order valence-electron chi connectivity index (χ2n) is 5.34. The average molecular weight is 331 g/mol. The van der Waals surface area contributed by atoms with E-state index in [1.54, 1.807) is 12.1 Å². The summed E-state index contributed by atoms with van der Waals surface area (Å²) in [6, 6.07) is 9.72. The number of nitrogens with one attached hydrogen (secondary N) is 1. The van der Waals surface area contributed by atoms with Gasteiger partial charge in [-0.2, -0.15) is 5.26 Å². The minimum absolute atomic E-state index is 0.140. The van der Waals surface area contributed by atoms with E-state index in [0.717, 1.165) is 34.7 Å². The molecule has 2 aliphatic rings. The molecule has 0 spiro atoms. The third-order valence-electron chi connectivity index (χ3n) is 4.07. The molecule has 0 amide bonds. The summed E-state index contributed by atoms with van der Waals surface area (Å²) in [5.74, 6) is -0.143. The first-order chi connectivity index (χ1) is 10.7. The number of Topliss-reactive ketones (excluding diaryl/α,β-unsaturated/α-hetero) is 1. The summed E-state index contributed by atoms with van der Waals surface area (Å²) in [5.41, 5.74) is 3.28. The van der Waals surface area contributed by atoms with Crippen molar-refractivity contribution >= 4 is 29.1 Å². The molecule has 3 rings (SSSR count). The van der Waals surface area contributed by atoms with Crippen LogP contribution < -0.4 is 5.32 Å². The Balaban J connectivity index is 2.18. The molecule has 1 atom stereocenters. The number of nitriles is 1. The number of nitrogens with zero attached hydrogens (tertiary/aromatic N) is 1. The molecule has 0 saturated heterocycles. The summed E-state index contributed by atoms with van der Waals surface area (Å²) < 4.78 is 0. The number of hydrogen-bond acceptors (Lipinski definition) is 4. The van der Waals surface area contributed by atoms with Gasteiger partial charge in [0.15, 0.2) is 5.78 Å². The zero-order valence-corrected chi connectivity index (χ0v) is 13.7. The zero-order valence-electron chi connectivity index (χ0n) is 12.1. The second-order valence-corrected chi connectivity index (χ2v) is 6.59. The fraction of sp³-hybridized carbons (Fsp3) is 0.294. The van der Waals surface area contributed by atoms with Crippen LogP contribution in [0.1, 0.15) is 30.7 Å². The van der Waals surface area contributed by atoms with Crippen LogP contribution in [0.4, 0.5) is 0 Å². The van der Waals surface area contributed by atoms with E-state index >= 15 is 0 Å². The molecule has 1 aliphatic carbocycles. The van der Waals surface area contributed by atoms with Crippen molar-refractivity contribution in [2.24, 2.45) is 0 Å². The maximum atomic E-state index is 12.5. The van der Waals surface area contributed by atoms with Gasteiger partial charge in [-0.25, -0.2) is 0 Å². The van der Waals surface area contributed by atoms with Gasteiger partial charge in [-0.05, 0) is 36.8 Å². The number of hydrogen-bond donors (Lipinski definition) is 1. The van der Waals surface area contributed by atoms with E-state index in [1.165, 1.54) is 11.8 Å². The summed E-state index contributed by atoms with van der Waals surface area (Å²) in [7, 11) is 0. The highest BCUT2D eigenvalue weighted by Crippen LogP contribution is 2.43. The number of ketones is 1. The van der Waals surface area contributed by atoms with Gasteiger partial charge < -0.3 is 5.32 Å². The maximum Gasteiger partial charge on any atom is 0.161 e. The topological polar surface area (TPSA) is 52.9 Å². The summed E-state index contributed by atoms with van der Waals surface area (Å²) in [4.78, 5) is 12.5. The highest BCUT2D eigenvalue weighted by atomic mass is 35.5. The third-order valence-corrected chi connectivity index (χ3v) is 5.05. The summed E-state index contributed by atoms with van der Waals surface area (Å²) in [5, 5.41) is 14.4. The Morgan fingerprint density at radius 2 is 2.05 bits per heavy atom. The van der Waals surface area contributed by atoms with Gasteiger partial charge in [0.25, 0.3) is 0 Å². The number of benzene rings is 1. The lowest BCUT2D eigenvalue weighted by molar-refractivity contribution is -0.116. The Kier molecular flexibility index (Phi) is 4.28. The molecule has 1 N–H and O–H groups in total. The number of halogens is 1. The summed E-state index contributed by atoms with van der Waals surface area (Å²) in [6.07, 6.45) is 4.21. The predicted octanol–water partition coefficient (Wildman–Crippen LogP) is 4.13. The molecular formula is C17H15ClN2OS. The summed E-state index contributed by atoms with van der Waals surface area (Å²) >= 11 is 7.48. The number of allylic oxidation sites excluding steroid dienone is 3. The van der Waals surface area contributed by atoms with E-state index in [1.807, 2.05) is 18.4 Å². The molecule has 1 aliphatic heterocycles. The van der Waals surface area contributed by atoms with Crippen molar-refractivity contribution in [2.75, 3.05) is 6.26 Å². The van der Waals surface area contributed by atoms with Crippen LogP contribution in [0.3, 0.4) is 0 Å². The largest absolute Gasteiger partial charge is 0.352 e. The van der Waals surface area contributed by atoms with Crippen LogP contribution in [0.5, 0.6) is 0 Å². The molecule has 1 aromatic carbocycles. The molecular weight excluding hydrogens is 316 g/mol. The molecule has 1 heterocycles. The van der Waals surface area contributed by atoms with Gasteiger partial charge in [0.05, 0.1) is 22.6 Å². The first-order valence-corrected chi connectivity index (χ1v) is 8.73. The normalized spacial score (nSPS) is 21.3. The molecule has 3 nitrogen and oxygen atoms in total. The van der Waals surface area contributed by atoms with Crippen LogP contribution in [-0.2, 0) is 4.79 Å². The van der Waals surface area contributed by atoms with Crippen LogP contribution in [0.25, 0.3) is 0 Å². The first kappa shape index (κ1) is 15.2. The predicted molar refractivity (Wildman–Crippen MR) is 89.4 cm³/mol. The van der Waals surface area contributed by atoms with Crippen molar-refractivity contribution in [3.8, 4) is 6.07 Å². The fourth-order valence-corrected chi connectivity index (χ4v) is 3.81. The van der Waals surface area contributed by atoms with Gasteiger partial charge in [-0.15, -0.1) is 11.8 Å². The molecule has 112 valence electrons. The number of thioether (sulfide) groups is 1. The number of dihydropyridines is 1. The van der Waals surface area contributed by atoms with Crippen molar-refractivity contribution in [3.63, 3.8) is 0 Å². The van der Waals surface area contributed by atoms with Gasteiger partial charge in [-0.1, -0.05) is 23.7 Å². The third kappa shape index (κ3) is 2.55. The molecule has 1 aromatic rings. The monoisotopic (exact) mass is 330 g/mol. The first-order valence-electron chi connectivity index (χ1n) is 7.12. The Morgan fingerprint density at radius 1 is 1.32 bits per heavy atom. The quantitative estimate of drug-likeness (QED) is 0.885. The summed E-state index contributed by atoms with van der Waals surface area (Å²) in [6.45, 7) is 0. The molecule has 0 aromatic heterocycles. The smallest absolute Gasteiger partial charge is 0.161 e. The minimum Gasteiger partial charge on any atom is -0.352 e. The van der Waals surface area contributed by atoms with Crippen LogP contribution >= 0.6 is 23.4 Å². The van der Waals surface area contributed by atoms with E-state index in [4.69, 9.17) is 11.6 Å². The highest BCUT2D eigenvalue weighted by Gasteiger charge is 2.36. The van der Waals surface area contributed by atoms with Crippen LogP contribution in [0.15, 0.2) is 46.1 Å². The molecule has 0 unspecified atom stereocenters. The SMILES string of the molecule is CSC1=C(C#N)[C@H](c2ccc(Cl)cc2)C2=C(CCCC2=O)N1. The van der Waals surface area contributed by atoms with Crippen LogP contribution in [0, 0.1) is 11.3 Å². The highest BCUT2D eigenvalue weighted by molar-refractivity contribution is 8.02. The molecule has 0 fully saturated rings. The average Bonchev–Trinajstić information content (AvgIpc) is 2.54. The van der Waals surface area contributed by atoms with Gasteiger partial charge in [0, 0.05) is 22.7 Å². The standard InChI is InChI=1S/C17H15ClN2OS/c1-22-17-12(9-19)15(10-5-7-11(18)8-6-10)16-13(20-17)3-2-4-14(16)21/h5-8,15,20H,2-4H2,1H3/t15-/m0/s1. The number of rotatable bonds is 2. The van der Waals surface area contributed by atoms with Gasteiger partial charge in [0.1, 0.15) is 0 Å². The molecule has 0 bridgehead atoms. The van der Waals surface area contributed by atoms with Crippen molar-refractivity contribution < 1.29 is 4.79 Å². The van der Waals surface area contributed by atoms with E-state index in [2.05, 4.69) is 11.4 Å². The maximum absolute atomic E-state index is 12.5. The second kappa shape index (κ2) is 6.20. The van der Waals surface area contributed by atoms with Crippen LogP contribution in [0.2, 0.25) is 5.02 Å². The van der Waals surface area contributed by atoms with E-state index in [9.17, 15) is 10.1 Å². The Labute approximate surface area is 139 Å². The molecule has 5 heteroatoms. The Morgan fingerprint density at radius 3 is 2.68 bits per heavy atom. The molecule has 0 saturated carbocycles. The number of carbonyl (C=O) groups excluding carboxylic acids is 1. The van der Waals surface area contributed by atoms with E-state index in [0.29, 0.717) is 17.0 Å². The van der Waals surface area contributed by atoms with E-state index in [-0.39, 0.29) is 11.7 Å². The zero-order chi connectivity index (χ0) is 15.7. The molecule has 22 heavy (non-hydrogen) atoms. The van der Waals surface area contributed by atoms with Crippen molar-refractivity contribution in [3.05, 3.63) is 56.7 Å². The van der Waals surface area contributed by atoms with Gasteiger partial charge in [0.2, 0.25) is 0 Å².